The van der Waals surface area contributed by atoms with Crippen LogP contribution in [0.2, 0.25) is 0 Å². The molecule has 2 rings (SSSR count). The van der Waals surface area contributed by atoms with Gasteiger partial charge in [0.25, 0.3) is 0 Å². The van der Waals surface area contributed by atoms with Crippen LogP contribution in [0, 0.1) is 6.92 Å². The van der Waals surface area contributed by atoms with E-state index in [-0.39, 0.29) is 0 Å². The standard InChI is InChI=1S/C12H20N4/c1-10-8-12(14-9-13-10)15-11-4-3-6-16(2)7-5-11/h8-9,11H,3-7H2,1-2H3,(H,13,14,15). The largest absolute Gasteiger partial charge is 0.367 e. The van der Waals surface area contributed by atoms with Crippen molar-refractivity contribution in [2.75, 3.05) is 25.5 Å². The average molecular weight is 220 g/mol. The highest BCUT2D eigenvalue weighted by molar-refractivity contribution is 5.35. The van der Waals surface area contributed by atoms with E-state index in [1.54, 1.807) is 6.33 Å². The molecule has 4 heteroatoms. The normalized spacial score (nSPS) is 22.8. The Morgan fingerprint density at radius 3 is 3.00 bits per heavy atom. The summed E-state index contributed by atoms with van der Waals surface area (Å²) >= 11 is 0. The zero-order valence-electron chi connectivity index (χ0n) is 10.1. The van der Waals surface area contributed by atoms with E-state index in [1.807, 2.05) is 13.0 Å². The van der Waals surface area contributed by atoms with Gasteiger partial charge in [0.1, 0.15) is 12.1 Å². The first-order valence-electron chi connectivity index (χ1n) is 5.98. The van der Waals surface area contributed by atoms with Crippen molar-refractivity contribution in [1.82, 2.24) is 14.9 Å². The van der Waals surface area contributed by atoms with Crippen LogP contribution in [0.4, 0.5) is 5.82 Å². The third-order valence-corrected chi connectivity index (χ3v) is 3.11. The Morgan fingerprint density at radius 2 is 2.19 bits per heavy atom. The van der Waals surface area contributed by atoms with Gasteiger partial charge in [-0.1, -0.05) is 0 Å². The van der Waals surface area contributed by atoms with Gasteiger partial charge in [-0.05, 0) is 46.3 Å². The molecule has 1 fully saturated rings. The van der Waals surface area contributed by atoms with E-state index in [2.05, 4.69) is 27.2 Å². The summed E-state index contributed by atoms with van der Waals surface area (Å²) in [4.78, 5) is 10.7. The number of aromatic nitrogens is 2. The zero-order valence-corrected chi connectivity index (χ0v) is 10.1. The van der Waals surface area contributed by atoms with Gasteiger partial charge in [0.15, 0.2) is 0 Å². The lowest BCUT2D eigenvalue weighted by Crippen LogP contribution is -2.23. The molecule has 16 heavy (non-hydrogen) atoms. The molecule has 0 aliphatic carbocycles. The van der Waals surface area contributed by atoms with E-state index in [0.29, 0.717) is 6.04 Å². The molecule has 1 aromatic rings. The second kappa shape index (κ2) is 5.25. The van der Waals surface area contributed by atoms with E-state index in [0.717, 1.165) is 11.5 Å². The molecular weight excluding hydrogens is 200 g/mol. The molecule has 0 saturated carbocycles. The van der Waals surface area contributed by atoms with Crippen molar-refractivity contribution in [2.45, 2.75) is 32.2 Å². The molecule has 0 spiro atoms. The van der Waals surface area contributed by atoms with Gasteiger partial charge in [-0.15, -0.1) is 0 Å². The molecule has 1 atom stereocenters. The van der Waals surface area contributed by atoms with Gasteiger partial charge in [-0.3, -0.25) is 0 Å². The highest BCUT2D eigenvalue weighted by Crippen LogP contribution is 2.14. The number of hydrogen-bond acceptors (Lipinski definition) is 4. The van der Waals surface area contributed by atoms with Crippen LogP contribution in [-0.4, -0.2) is 41.0 Å². The van der Waals surface area contributed by atoms with Gasteiger partial charge in [0.05, 0.1) is 0 Å². The fourth-order valence-electron chi connectivity index (χ4n) is 2.13. The highest BCUT2D eigenvalue weighted by atomic mass is 15.1. The minimum atomic E-state index is 0.555. The summed E-state index contributed by atoms with van der Waals surface area (Å²) < 4.78 is 0. The van der Waals surface area contributed by atoms with Crippen molar-refractivity contribution in [3.63, 3.8) is 0 Å². The Balaban J connectivity index is 1.93. The number of likely N-dealkylation sites (tertiary alicyclic amines) is 1. The van der Waals surface area contributed by atoms with Crippen LogP contribution in [0.5, 0.6) is 0 Å². The van der Waals surface area contributed by atoms with Crippen LogP contribution < -0.4 is 5.32 Å². The SMILES string of the molecule is Cc1cc(NC2CCCN(C)CC2)ncn1. The zero-order chi connectivity index (χ0) is 11.4. The Kier molecular flexibility index (Phi) is 3.72. The number of hydrogen-bond donors (Lipinski definition) is 1. The second-order valence-electron chi connectivity index (χ2n) is 4.62. The Labute approximate surface area is 97.1 Å². The average Bonchev–Trinajstić information content (AvgIpc) is 2.44. The molecule has 4 nitrogen and oxygen atoms in total. The van der Waals surface area contributed by atoms with Gasteiger partial charge in [-0.25, -0.2) is 9.97 Å². The summed E-state index contributed by atoms with van der Waals surface area (Å²) in [7, 11) is 2.19. The smallest absolute Gasteiger partial charge is 0.129 e. The Morgan fingerprint density at radius 1 is 1.31 bits per heavy atom. The van der Waals surface area contributed by atoms with E-state index in [1.165, 1.54) is 32.4 Å². The summed E-state index contributed by atoms with van der Waals surface area (Å²) in [6.07, 6.45) is 5.31. The number of anilines is 1. The molecule has 2 heterocycles. The summed E-state index contributed by atoms with van der Waals surface area (Å²) in [5, 5.41) is 3.50. The molecule has 0 bridgehead atoms. The van der Waals surface area contributed by atoms with Crippen LogP contribution in [0.25, 0.3) is 0 Å². The fraction of sp³-hybridized carbons (Fsp3) is 0.667. The first-order valence-corrected chi connectivity index (χ1v) is 5.98. The minimum Gasteiger partial charge on any atom is -0.367 e. The molecule has 88 valence electrons. The maximum atomic E-state index is 4.25. The topological polar surface area (TPSA) is 41.0 Å². The fourth-order valence-corrected chi connectivity index (χ4v) is 2.13. The molecular formula is C12H20N4. The second-order valence-corrected chi connectivity index (χ2v) is 4.62. The van der Waals surface area contributed by atoms with Gasteiger partial charge in [0.2, 0.25) is 0 Å². The summed E-state index contributed by atoms with van der Waals surface area (Å²) in [5.41, 5.74) is 1.02. The first kappa shape index (κ1) is 11.3. The van der Waals surface area contributed by atoms with E-state index in [4.69, 9.17) is 0 Å². The van der Waals surface area contributed by atoms with Gasteiger partial charge >= 0.3 is 0 Å². The van der Waals surface area contributed by atoms with Crippen molar-refractivity contribution in [3.05, 3.63) is 18.1 Å². The van der Waals surface area contributed by atoms with E-state index in [9.17, 15) is 0 Å². The predicted molar refractivity (Wildman–Crippen MR) is 65.5 cm³/mol. The number of aryl methyl sites for hydroxylation is 1. The van der Waals surface area contributed by atoms with Crippen LogP contribution in [0.1, 0.15) is 25.0 Å². The lowest BCUT2D eigenvalue weighted by atomic mass is 10.1. The van der Waals surface area contributed by atoms with Gasteiger partial charge < -0.3 is 10.2 Å². The molecule has 1 aliphatic rings. The van der Waals surface area contributed by atoms with Crippen molar-refractivity contribution < 1.29 is 0 Å². The van der Waals surface area contributed by atoms with E-state index < -0.39 is 0 Å². The third-order valence-electron chi connectivity index (χ3n) is 3.11. The van der Waals surface area contributed by atoms with Crippen molar-refractivity contribution >= 4 is 5.82 Å². The molecule has 1 N–H and O–H groups in total. The van der Waals surface area contributed by atoms with Gasteiger partial charge in [0, 0.05) is 17.8 Å². The maximum absolute atomic E-state index is 4.25. The molecule has 1 aliphatic heterocycles. The number of nitrogens with one attached hydrogen (secondary N) is 1. The Bertz CT molecular complexity index is 340. The minimum absolute atomic E-state index is 0.555. The molecule has 1 unspecified atom stereocenters. The van der Waals surface area contributed by atoms with Crippen LogP contribution in [-0.2, 0) is 0 Å². The van der Waals surface area contributed by atoms with E-state index >= 15 is 0 Å². The summed E-state index contributed by atoms with van der Waals surface area (Å²) in [6, 6.07) is 2.56. The van der Waals surface area contributed by atoms with Gasteiger partial charge in [-0.2, -0.15) is 0 Å². The Hall–Kier alpha value is -1.16. The van der Waals surface area contributed by atoms with Crippen LogP contribution >= 0.6 is 0 Å². The summed E-state index contributed by atoms with van der Waals surface area (Å²) in [5.74, 6) is 0.960. The van der Waals surface area contributed by atoms with Crippen molar-refractivity contribution in [1.29, 1.82) is 0 Å². The summed E-state index contributed by atoms with van der Waals surface area (Å²) in [6.45, 7) is 4.37. The molecule has 0 amide bonds. The third kappa shape index (κ3) is 3.17. The van der Waals surface area contributed by atoms with Crippen LogP contribution in [0.15, 0.2) is 12.4 Å². The molecule has 0 aromatic carbocycles. The molecule has 0 radical (unpaired) electrons. The predicted octanol–water partition coefficient (Wildman–Crippen LogP) is 1.68. The van der Waals surface area contributed by atoms with Crippen molar-refractivity contribution in [3.8, 4) is 0 Å². The molecule has 1 aromatic heterocycles. The maximum Gasteiger partial charge on any atom is 0.129 e. The molecule has 1 saturated heterocycles. The monoisotopic (exact) mass is 220 g/mol. The number of rotatable bonds is 2. The van der Waals surface area contributed by atoms with Crippen molar-refractivity contribution in [2.24, 2.45) is 0 Å². The first-order chi connectivity index (χ1) is 7.74. The number of nitrogens with zero attached hydrogens (tertiary/aromatic N) is 3. The lowest BCUT2D eigenvalue weighted by Gasteiger charge is -2.17. The van der Waals surface area contributed by atoms with Crippen LogP contribution in [0.3, 0.4) is 0 Å². The highest BCUT2D eigenvalue weighted by Gasteiger charge is 2.14. The lowest BCUT2D eigenvalue weighted by molar-refractivity contribution is 0.348. The quantitative estimate of drug-likeness (QED) is 0.823.